The van der Waals surface area contributed by atoms with Gasteiger partial charge in [0.1, 0.15) is 11.0 Å². The first-order valence-electron chi connectivity index (χ1n) is 5.00. The van der Waals surface area contributed by atoms with E-state index in [1.165, 1.54) is 0 Å². The number of nitrogens with zero attached hydrogens (tertiary/aromatic N) is 3. The predicted octanol–water partition coefficient (Wildman–Crippen LogP) is 1.82. The van der Waals surface area contributed by atoms with Crippen LogP contribution in [0.15, 0.2) is 18.2 Å². The summed E-state index contributed by atoms with van der Waals surface area (Å²) in [5, 5.41) is 9.35. The molecule has 0 aliphatic heterocycles. The lowest BCUT2D eigenvalue weighted by Gasteiger charge is -1.96. The van der Waals surface area contributed by atoms with Gasteiger partial charge in [0.05, 0.1) is 6.54 Å². The van der Waals surface area contributed by atoms with E-state index in [1.807, 2.05) is 18.2 Å². The normalized spacial score (nSPS) is 11.1. The SMILES string of the molecule is NCCCCn1nc2ccc(Cl)cc2n1. The highest BCUT2D eigenvalue weighted by atomic mass is 35.5. The van der Waals surface area contributed by atoms with Crippen LogP contribution in [0.3, 0.4) is 0 Å². The van der Waals surface area contributed by atoms with Gasteiger partial charge < -0.3 is 5.73 Å². The van der Waals surface area contributed by atoms with Gasteiger partial charge in [-0.25, -0.2) is 0 Å². The Kier molecular flexibility index (Phi) is 3.18. The molecule has 80 valence electrons. The molecule has 0 aliphatic carbocycles. The Balaban J connectivity index is 2.16. The molecule has 2 aromatic rings. The van der Waals surface area contributed by atoms with Crippen LogP contribution < -0.4 is 5.73 Å². The van der Waals surface area contributed by atoms with Crippen molar-refractivity contribution in [1.82, 2.24) is 15.0 Å². The van der Waals surface area contributed by atoms with Crippen LogP contribution >= 0.6 is 11.6 Å². The zero-order valence-electron chi connectivity index (χ0n) is 8.36. The molecular weight excluding hydrogens is 212 g/mol. The van der Waals surface area contributed by atoms with Crippen LogP contribution in [0, 0.1) is 0 Å². The number of hydrogen-bond acceptors (Lipinski definition) is 3. The van der Waals surface area contributed by atoms with E-state index in [-0.39, 0.29) is 0 Å². The average Bonchev–Trinajstić information content (AvgIpc) is 2.60. The highest BCUT2D eigenvalue weighted by Gasteiger charge is 2.02. The first kappa shape index (κ1) is 10.4. The van der Waals surface area contributed by atoms with Crippen LogP contribution in [0.2, 0.25) is 5.02 Å². The van der Waals surface area contributed by atoms with Crippen molar-refractivity contribution < 1.29 is 0 Å². The third kappa shape index (κ3) is 2.46. The van der Waals surface area contributed by atoms with Gasteiger partial charge in [0, 0.05) is 5.02 Å². The van der Waals surface area contributed by atoms with Gasteiger partial charge in [0.15, 0.2) is 0 Å². The molecule has 1 aromatic carbocycles. The minimum Gasteiger partial charge on any atom is -0.330 e. The third-order valence-corrected chi connectivity index (χ3v) is 2.43. The van der Waals surface area contributed by atoms with E-state index in [2.05, 4.69) is 10.2 Å². The van der Waals surface area contributed by atoms with E-state index in [9.17, 15) is 0 Å². The van der Waals surface area contributed by atoms with Crippen LogP contribution in [0.4, 0.5) is 0 Å². The fraction of sp³-hybridized carbons (Fsp3) is 0.400. The van der Waals surface area contributed by atoms with Gasteiger partial charge in [-0.05, 0) is 37.6 Å². The highest BCUT2D eigenvalue weighted by Crippen LogP contribution is 2.15. The molecular formula is C10H13ClN4. The van der Waals surface area contributed by atoms with E-state index >= 15 is 0 Å². The van der Waals surface area contributed by atoms with E-state index < -0.39 is 0 Å². The average molecular weight is 225 g/mol. The summed E-state index contributed by atoms with van der Waals surface area (Å²) >= 11 is 5.86. The Morgan fingerprint density at radius 3 is 2.80 bits per heavy atom. The van der Waals surface area contributed by atoms with Crippen LogP contribution in [0.1, 0.15) is 12.8 Å². The van der Waals surface area contributed by atoms with Crippen molar-refractivity contribution in [3.63, 3.8) is 0 Å². The van der Waals surface area contributed by atoms with Crippen molar-refractivity contribution in [3.05, 3.63) is 23.2 Å². The molecule has 0 unspecified atom stereocenters. The third-order valence-electron chi connectivity index (χ3n) is 2.20. The second-order valence-corrected chi connectivity index (χ2v) is 3.86. The molecule has 1 aromatic heterocycles. The standard InChI is InChI=1S/C10H13ClN4/c11-8-3-4-9-10(7-8)14-15(13-9)6-2-1-5-12/h3-4,7H,1-2,5-6,12H2. The Labute approximate surface area is 93.0 Å². The molecule has 0 fully saturated rings. The summed E-state index contributed by atoms with van der Waals surface area (Å²) in [5.74, 6) is 0. The molecule has 0 atom stereocenters. The highest BCUT2D eigenvalue weighted by molar-refractivity contribution is 6.31. The van der Waals surface area contributed by atoms with Crippen molar-refractivity contribution in [2.24, 2.45) is 5.73 Å². The van der Waals surface area contributed by atoms with E-state index in [1.54, 1.807) is 4.80 Å². The second kappa shape index (κ2) is 4.59. The van der Waals surface area contributed by atoms with Crippen LogP contribution in [-0.2, 0) is 6.54 Å². The van der Waals surface area contributed by atoms with Gasteiger partial charge in [-0.15, -0.1) is 0 Å². The topological polar surface area (TPSA) is 56.7 Å². The zero-order chi connectivity index (χ0) is 10.7. The molecule has 2 N–H and O–H groups in total. The largest absolute Gasteiger partial charge is 0.330 e. The fourth-order valence-corrected chi connectivity index (χ4v) is 1.60. The summed E-state index contributed by atoms with van der Waals surface area (Å²) in [5.41, 5.74) is 7.14. The number of hydrogen-bond donors (Lipinski definition) is 1. The Hall–Kier alpha value is -1.13. The van der Waals surface area contributed by atoms with E-state index in [4.69, 9.17) is 17.3 Å². The number of nitrogens with two attached hydrogens (primary N) is 1. The Bertz CT molecular complexity index is 452. The molecule has 0 spiro atoms. The van der Waals surface area contributed by atoms with Crippen molar-refractivity contribution in [3.8, 4) is 0 Å². The summed E-state index contributed by atoms with van der Waals surface area (Å²) in [4.78, 5) is 1.71. The van der Waals surface area contributed by atoms with Crippen molar-refractivity contribution in [2.75, 3.05) is 6.54 Å². The molecule has 5 heteroatoms. The molecule has 0 bridgehead atoms. The second-order valence-electron chi connectivity index (χ2n) is 3.42. The van der Waals surface area contributed by atoms with Gasteiger partial charge in [-0.2, -0.15) is 15.0 Å². The number of benzene rings is 1. The Morgan fingerprint density at radius 2 is 2.00 bits per heavy atom. The van der Waals surface area contributed by atoms with Gasteiger partial charge in [-0.1, -0.05) is 11.6 Å². The molecule has 4 nitrogen and oxygen atoms in total. The maximum absolute atomic E-state index is 5.86. The first-order valence-corrected chi connectivity index (χ1v) is 5.38. The zero-order valence-corrected chi connectivity index (χ0v) is 9.11. The number of aromatic nitrogens is 3. The number of aryl methyl sites for hydroxylation is 1. The maximum atomic E-state index is 5.86. The molecule has 0 radical (unpaired) electrons. The minimum absolute atomic E-state index is 0.691. The summed E-state index contributed by atoms with van der Waals surface area (Å²) in [6.07, 6.45) is 2.00. The molecule has 0 aliphatic rings. The number of rotatable bonds is 4. The monoisotopic (exact) mass is 224 g/mol. The lowest BCUT2D eigenvalue weighted by atomic mass is 10.3. The summed E-state index contributed by atoms with van der Waals surface area (Å²) in [6, 6.07) is 5.52. The van der Waals surface area contributed by atoms with Gasteiger partial charge in [0.2, 0.25) is 0 Å². The molecule has 1 heterocycles. The summed E-state index contributed by atoms with van der Waals surface area (Å²) in [6.45, 7) is 1.52. The van der Waals surface area contributed by atoms with Gasteiger partial charge >= 0.3 is 0 Å². The quantitative estimate of drug-likeness (QED) is 0.807. The van der Waals surface area contributed by atoms with Crippen LogP contribution in [0.25, 0.3) is 11.0 Å². The maximum Gasteiger partial charge on any atom is 0.114 e. The van der Waals surface area contributed by atoms with Crippen molar-refractivity contribution in [2.45, 2.75) is 19.4 Å². The van der Waals surface area contributed by atoms with Crippen molar-refractivity contribution in [1.29, 1.82) is 0 Å². The fourth-order valence-electron chi connectivity index (χ4n) is 1.43. The van der Waals surface area contributed by atoms with Gasteiger partial charge in [-0.3, -0.25) is 0 Å². The van der Waals surface area contributed by atoms with Crippen LogP contribution in [0.5, 0.6) is 0 Å². The lowest BCUT2D eigenvalue weighted by molar-refractivity contribution is 0.508. The van der Waals surface area contributed by atoms with E-state index in [0.29, 0.717) is 11.6 Å². The number of halogens is 1. The molecule has 0 amide bonds. The number of fused-ring (bicyclic) bond motifs is 1. The van der Waals surface area contributed by atoms with Gasteiger partial charge in [0.25, 0.3) is 0 Å². The summed E-state index contributed by atoms with van der Waals surface area (Å²) < 4.78 is 0. The smallest absolute Gasteiger partial charge is 0.114 e. The van der Waals surface area contributed by atoms with Crippen LogP contribution in [-0.4, -0.2) is 21.5 Å². The lowest BCUT2D eigenvalue weighted by Crippen LogP contribution is -2.05. The minimum atomic E-state index is 0.691. The molecule has 0 saturated heterocycles. The molecule has 0 saturated carbocycles. The molecule has 15 heavy (non-hydrogen) atoms. The van der Waals surface area contributed by atoms with E-state index in [0.717, 1.165) is 30.4 Å². The predicted molar refractivity (Wildman–Crippen MR) is 60.8 cm³/mol. The first-order chi connectivity index (χ1) is 7.29. The Morgan fingerprint density at radius 1 is 1.20 bits per heavy atom. The summed E-state index contributed by atoms with van der Waals surface area (Å²) in [7, 11) is 0. The van der Waals surface area contributed by atoms with Crippen molar-refractivity contribution >= 4 is 22.6 Å². The number of unbranched alkanes of at least 4 members (excludes halogenated alkanes) is 1. The molecule has 2 rings (SSSR count).